The van der Waals surface area contributed by atoms with Crippen molar-refractivity contribution in [3.63, 3.8) is 0 Å². The first-order valence-electron chi connectivity index (χ1n) is 5.74. The molecule has 0 unspecified atom stereocenters. The van der Waals surface area contributed by atoms with Crippen LogP contribution in [0.3, 0.4) is 0 Å². The largest absolute Gasteiger partial charge is 0.320 e. The molecule has 102 valence electrons. The fraction of sp³-hybridized carbons (Fsp3) is 0.250. The van der Waals surface area contributed by atoms with Crippen molar-refractivity contribution in [3.8, 4) is 10.6 Å². The van der Waals surface area contributed by atoms with E-state index in [0.29, 0.717) is 27.8 Å². The van der Waals surface area contributed by atoms with Crippen molar-refractivity contribution in [3.05, 3.63) is 34.5 Å². The van der Waals surface area contributed by atoms with Crippen molar-refractivity contribution in [2.75, 3.05) is 25.6 Å². The van der Waals surface area contributed by atoms with Gasteiger partial charge in [0.1, 0.15) is 10.8 Å². The number of nitrogens with zero attached hydrogens (tertiary/aromatic N) is 1. The summed E-state index contributed by atoms with van der Waals surface area (Å²) in [5.74, 6) is -0.350. The van der Waals surface area contributed by atoms with E-state index in [4.69, 9.17) is 11.6 Å². The van der Waals surface area contributed by atoms with Crippen LogP contribution in [-0.4, -0.2) is 25.1 Å². The normalized spacial score (nSPS) is 10.7. The number of anilines is 1. The van der Waals surface area contributed by atoms with E-state index in [1.54, 1.807) is 17.6 Å². The molecule has 0 aliphatic carbocycles. The van der Waals surface area contributed by atoms with Gasteiger partial charge in [0.15, 0.2) is 0 Å². The molecule has 0 amide bonds. The molecular formula is C12H14ClFN4S. The Balaban J connectivity index is 2.13. The van der Waals surface area contributed by atoms with E-state index in [2.05, 4.69) is 21.2 Å². The van der Waals surface area contributed by atoms with Gasteiger partial charge in [-0.2, -0.15) is 0 Å². The average Bonchev–Trinajstić information content (AvgIpc) is 2.92. The summed E-state index contributed by atoms with van der Waals surface area (Å²) in [4.78, 5) is 4.08. The molecule has 0 fully saturated rings. The van der Waals surface area contributed by atoms with Crippen molar-refractivity contribution >= 4 is 28.6 Å². The van der Waals surface area contributed by atoms with E-state index in [-0.39, 0.29) is 5.82 Å². The fourth-order valence-electron chi connectivity index (χ4n) is 1.51. The first-order valence-corrected chi connectivity index (χ1v) is 7.00. The van der Waals surface area contributed by atoms with E-state index in [9.17, 15) is 4.39 Å². The van der Waals surface area contributed by atoms with Crippen LogP contribution in [0.15, 0.2) is 23.7 Å². The molecule has 0 aliphatic heterocycles. The van der Waals surface area contributed by atoms with Crippen molar-refractivity contribution in [2.24, 2.45) is 0 Å². The van der Waals surface area contributed by atoms with E-state index in [0.717, 1.165) is 6.54 Å². The zero-order chi connectivity index (χ0) is 13.7. The molecule has 0 aliphatic rings. The SMILES string of the molecule is CNCCNNc1cc(F)c(-c2nccs2)cc1Cl. The predicted octanol–water partition coefficient (Wildman–Crippen LogP) is 2.74. The van der Waals surface area contributed by atoms with Crippen LogP contribution in [0.4, 0.5) is 10.1 Å². The lowest BCUT2D eigenvalue weighted by Crippen LogP contribution is -2.29. The van der Waals surface area contributed by atoms with Gasteiger partial charge in [0.25, 0.3) is 0 Å². The first kappa shape index (κ1) is 14.2. The van der Waals surface area contributed by atoms with Crippen molar-refractivity contribution in [1.82, 2.24) is 15.7 Å². The second-order valence-electron chi connectivity index (χ2n) is 3.80. The highest BCUT2D eigenvalue weighted by atomic mass is 35.5. The molecule has 3 N–H and O–H groups in total. The predicted molar refractivity (Wildman–Crippen MR) is 78.1 cm³/mol. The van der Waals surface area contributed by atoms with Gasteiger partial charge in [-0.3, -0.25) is 0 Å². The lowest BCUT2D eigenvalue weighted by Gasteiger charge is -2.11. The summed E-state index contributed by atoms with van der Waals surface area (Å²) in [6.45, 7) is 1.49. The van der Waals surface area contributed by atoms with Crippen LogP contribution in [0.25, 0.3) is 10.6 Å². The molecule has 0 bridgehead atoms. The molecule has 2 rings (SSSR count). The van der Waals surface area contributed by atoms with Gasteiger partial charge < -0.3 is 10.7 Å². The highest BCUT2D eigenvalue weighted by Gasteiger charge is 2.12. The number of hydrazine groups is 1. The summed E-state index contributed by atoms with van der Waals surface area (Å²) in [7, 11) is 1.86. The van der Waals surface area contributed by atoms with Crippen LogP contribution >= 0.6 is 22.9 Å². The van der Waals surface area contributed by atoms with Gasteiger partial charge in [0.05, 0.1) is 10.7 Å². The zero-order valence-electron chi connectivity index (χ0n) is 10.3. The van der Waals surface area contributed by atoms with Gasteiger partial charge in [-0.1, -0.05) is 11.6 Å². The Morgan fingerprint density at radius 2 is 2.21 bits per heavy atom. The summed E-state index contributed by atoms with van der Waals surface area (Å²) in [6.07, 6.45) is 1.64. The van der Waals surface area contributed by atoms with Crippen molar-refractivity contribution in [2.45, 2.75) is 0 Å². The molecule has 4 nitrogen and oxygen atoms in total. The molecule has 1 heterocycles. The number of thiazole rings is 1. The topological polar surface area (TPSA) is 49.0 Å². The Kier molecular flexibility index (Phi) is 5.09. The summed E-state index contributed by atoms with van der Waals surface area (Å²) >= 11 is 7.50. The number of aromatic nitrogens is 1. The lowest BCUT2D eigenvalue weighted by molar-refractivity contribution is 0.630. The van der Waals surface area contributed by atoms with Gasteiger partial charge in [-0.05, 0) is 13.1 Å². The first-order chi connectivity index (χ1) is 9.22. The Hall–Kier alpha value is -1.21. The maximum Gasteiger partial charge on any atom is 0.135 e. The van der Waals surface area contributed by atoms with Crippen LogP contribution in [-0.2, 0) is 0 Å². The van der Waals surface area contributed by atoms with E-state index < -0.39 is 0 Å². The van der Waals surface area contributed by atoms with Gasteiger partial charge in [0, 0.05) is 36.3 Å². The van der Waals surface area contributed by atoms with E-state index >= 15 is 0 Å². The Morgan fingerprint density at radius 1 is 1.37 bits per heavy atom. The summed E-state index contributed by atoms with van der Waals surface area (Å²) in [5.41, 5.74) is 6.76. The molecule has 0 saturated carbocycles. The molecule has 7 heteroatoms. The highest BCUT2D eigenvalue weighted by Crippen LogP contribution is 2.32. The summed E-state index contributed by atoms with van der Waals surface area (Å²) in [5, 5.41) is 5.86. The molecule has 19 heavy (non-hydrogen) atoms. The highest BCUT2D eigenvalue weighted by molar-refractivity contribution is 7.13. The molecule has 0 saturated heterocycles. The second kappa shape index (κ2) is 6.81. The van der Waals surface area contributed by atoms with Gasteiger partial charge >= 0.3 is 0 Å². The third kappa shape index (κ3) is 3.63. The lowest BCUT2D eigenvalue weighted by atomic mass is 10.2. The minimum atomic E-state index is -0.350. The minimum absolute atomic E-state index is 0.350. The monoisotopic (exact) mass is 300 g/mol. The van der Waals surface area contributed by atoms with Gasteiger partial charge in [0.2, 0.25) is 0 Å². The standard InChI is InChI=1S/C12H14ClFN4S/c1-15-2-3-17-18-11-7-10(14)8(6-9(11)13)12-16-4-5-19-12/h4-7,15,17-18H,2-3H2,1H3. The molecule has 1 aromatic heterocycles. The number of halogens is 2. The number of hydrogen-bond donors (Lipinski definition) is 3. The maximum atomic E-state index is 14.0. The minimum Gasteiger partial charge on any atom is -0.320 e. The number of rotatable bonds is 6. The Labute approximate surface area is 120 Å². The number of nitrogens with one attached hydrogen (secondary N) is 3. The van der Waals surface area contributed by atoms with Gasteiger partial charge in [-0.15, -0.1) is 11.3 Å². The molecule has 0 atom stereocenters. The van der Waals surface area contributed by atoms with Crippen LogP contribution in [0.2, 0.25) is 5.02 Å². The molecular weight excluding hydrogens is 287 g/mol. The van der Waals surface area contributed by atoms with E-state index in [1.807, 2.05) is 7.05 Å². The zero-order valence-corrected chi connectivity index (χ0v) is 11.9. The number of likely N-dealkylation sites (N-methyl/N-ethyl adjacent to an activating group) is 1. The molecule has 0 spiro atoms. The average molecular weight is 301 g/mol. The second-order valence-corrected chi connectivity index (χ2v) is 5.11. The van der Waals surface area contributed by atoms with E-state index in [1.165, 1.54) is 17.4 Å². The third-order valence-corrected chi connectivity index (χ3v) is 3.56. The fourth-order valence-corrected chi connectivity index (χ4v) is 2.37. The van der Waals surface area contributed by atoms with Crippen LogP contribution in [0.5, 0.6) is 0 Å². The summed E-state index contributed by atoms with van der Waals surface area (Å²) < 4.78 is 14.0. The third-order valence-electron chi connectivity index (χ3n) is 2.44. The van der Waals surface area contributed by atoms with Crippen LogP contribution in [0, 0.1) is 5.82 Å². The smallest absolute Gasteiger partial charge is 0.135 e. The number of benzene rings is 1. The molecule has 2 aromatic rings. The van der Waals surface area contributed by atoms with Crippen LogP contribution in [0.1, 0.15) is 0 Å². The van der Waals surface area contributed by atoms with Crippen LogP contribution < -0.4 is 16.2 Å². The number of hydrogen-bond acceptors (Lipinski definition) is 5. The van der Waals surface area contributed by atoms with Crippen molar-refractivity contribution in [1.29, 1.82) is 0 Å². The molecule has 1 aromatic carbocycles. The van der Waals surface area contributed by atoms with Gasteiger partial charge in [-0.25, -0.2) is 14.8 Å². The molecule has 0 radical (unpaired) electrons. The Bertz CT molecular complexity index is 533. The van der Waals surface area contributed by atoms with Crippen molar-refractivity contribution < 1.29 is 4.39 Å². The summed E-state index contributed by atoms with van der Waals surface area (Å²) in [6, 6.07) is 2.95. The maximum absolute atomic E-state index is 14.0. The Morgan fingerprint density at radius 3 is 2.89 bits per heavy atom. The quantitative estimate of drug-likeness (QED) is 0.567.